The van der Waals surface area contributed by atoms with Crippen molar-refractivity contribution in [3.05, 3.63) is 39.2 Å². The van der Waals surface area contributed by atoms with E-state index >= 15 is 0 Å². The molecule has 0 N–H and O–H groups in total. The van der Waals surface area contributed by atoms with E-state index in [1.54, 1.807) is 6.92 Å². The highest BCUT2D eigenvalue weighted by Crippen LogP contribution is 2.33. The van der Waals surface area contributed by atoms with Gasteiger partial charge in [0.15, 0.2) is 11.9 Å². The maximum Gasteiger partial charge on any atom is 0.339 e. The summed E-state index contributed by atoms with van der Waals surface area (Å²) in [5, 5.41) is 0.988. The van der Waals surface area contributed by atoms with Crippen molar-refractivity contribution < 1.29 is 13.9 Å². The standard InChI is InChI=1S/C17H18O4/c1-9-15(20-11(3)10(2)18)8-7-13-12-5-4-6-14(12)17(19)21-16(9)13/h7-8,11H,4-6H2,1-3H3/t11-/m0/s1. The summed E-state index contributed by atoms with van der Waals surface area (Å²) >= 11 is 0. The van der Waals surface area contributed by atoms with Crippen molar-refractivity contribution in [3.63, 3.8) is 0 Å². The van der Waals surface area contributed by atoms with Crippen LogP contribution in [0, 0.1) is 6.92 Å². The molecule has 1 aliphatic rings. The highest BCUT2D eigenvalue weighted by molar-refractivity contribution is 5.86. The predicted octanol–water partition coefficient (Wildman–Crippen LogP) is 2.95. The van der Waals surface area contributed by atoms with Crippen LogP contribution < -0.4 is 10.4 Å². The van der Waals surface area contributed by atoms with Crippen molar-refractivity contribution in [2.24, 2.45) is 0 Å². The summed E-state index contributed by atoms with van der Waals surface area (Å²) in [4.78, 5) is 23.4. The van der Waals surface area contributed by atoms with Gasteiger partial charge in [-0.2, -0.15) is 0 Å². The zero-order valence-electron chi connectivity index (χ0n) is 12.5. The predicted molar refractivity (Wildman–Crippen MR) is 80.0 cm³/mol. The molecule has 1 heterocycles. The molecular weight excluding hydrogens is 268 g/mol. The third kappa shape index (κ3) is 2.24. The van der Waals surface area contributed by atoms with Crippen molar-refractivity contribution >= 4 is 16.8 Å². The van der Waals surface area contributed by atoms with Crippen molar-refractivity contribution in [2.75, 3.05) is 0 Å². The number of benzene rings is 1. The average molecular weight is 286 g/mol. The lowest BCUT2D eigenvalue weighted by Crippen LogP contribution is -2.21. The molecule has 4 heteroatoms. The van der Waals surface area contributed by atoms with E-state index in [9.17, 15) is 9.59 Å². The molecule has 110 valence electrons. The minimum Gasteiger partial charge on any atom is -0.483 e. The molecule has 1 atom stereocenters. The molecule has 1 aliphatic carbocycles. The van der Waals surface area contributed by atoms with Gasteiger partial charge in [0.05, 0.1) is 0 Å². The van der Waals surface area contributed by atoms with E-state index in [0.29, 0.717) is 11.3 Å². The Morgan fingerprint density at radius 2 is 2.00 bits per heavy atom. The SMILES string of the molecule is CC(=O)[C@H](C)Oc1ccc2c3c(c(=O)oc2c1C)CCC3. The van der Waals surface area contributed by atoms with Crippen molar-refractivity contribution in [2.45, 2.75) is 46.1 Å². The number of aryl methyl sites for hydroxylation is 2. The summed E-state index contributed by atoms with van der Waals surface area (Å²) in [5.41, 5.74) is 3.03. The summed E-state index contributed by atoms with van der Waals surface area (Å²) in [5.74, 6) is 0.552. The lowest BCUT2D eigenvalue weighted by Gasteiger charge is -2.15. The van der Waals surface area contributed by atoms with Crippen LogP contribution in [0.1, 0.15) is 37.0 Å². The fraction of sp³-hybridized carbons (Fsp3) is 0.412. The normalized spacial score (nSPS) is 15.0. The summed E-state index contributed by atoms with van der Waals surface area (Å²) in [6.45, 7) is 5.06. The number of carbonyl (C=O) groups excluding carboxylic acids is 1. The number of ketones is 1. The average Bonchev–Trinajstić information content (AvgIpc) is 2.92. The molecule has 0 unspecified atom stereocenters. The number of fused-ring (bicyclic) bond motifs is 3. The molecule has 1 aromatic carbocycles. The zero-order chi connectivity index (χ0) is 15.1. The third-order valence-corrected chi connectivity index (χ3v) is 4.22. The van der Waals surface area contributed by atoms with Gasteiger partial charge in [-0.25, -0.2) is 4.79 Å². The van der Waals surface area contributed by atoms with Crippen LogP contribution in [0.25, 0.3) is 11.0 Å². The number of ether oxygens (including phenoxy) is 1. The van der Waals surface area contributed by atoms with Crippen LogP contribution in [0.2, 0.25) is 0 Å². The van der Waals surface area contributed by atoms with E-state index in [4.69, 9.17) is 9.15 Å². The number of Topliss-reactive ketones (excluding diaryl/α,β-unsaturated/α-hetero) is 1. The molecule has 1 aromatic heterocycles. The molecule has 0 aliphatic heterocycles. The molecule has 2 aromatic rings. The van der Waals surface area contributed by atoms with Crippen LogP contribution in [0.15, 0.2) is 21.3 Å². The molecule has 0 bridgehead atoms. The van der Waals surface area contributed by atoms with Gasteiger partial charge >= 0.3 is 5.63 Å². The second kappa shape index (κ2) is 5.02. The summed E-state index contributed by atoms with van der Waals surface area (Å²) in [6.07, 6.45) is 2.20. The van der Waals surface area contributed by atoms with E-state index in [-0.39, 0.29) is 11.4 Å². The first-order valence-electron chi connectivity index (χ1n) is 7.24. The van der Waals surface area contributed by atoms with Gasteiger partial charge in [-0.05, 0) is 57.7 Å². The van der Waals surface area contributed by atoms with Gasteiger partial charge in [-0.3, -0.25) is 4.79 Å². The smallest absolute Gasteiger partial charge is 0.339 e. The summed E-state index contributed by atoms with van der Waals surface area (Å²) in [6, 6.07) is 3.79. The van der Waals surface area contributed by atoms with E-state index in [1.165, 1.54) is 6.92 Å². The molecule has 0 saturated heterocycles. The summed E-state index contributed by atoms with van der Waals surface area (Å²) in [7, 11) is 0. The molecule has 0 fully saturated rings. The molecular formula is C17H18O4. The molecule has 0 saturated carbocycles. The van der Waals surface area contributed by atoms with Crippen LogP contribution in [0.5, 0.6) is 5.75 Å². The molecule has 0 radical (unpaired) electrons. The number of hydrogen-bond donors (Lipinski definition) is 0. The quantitative estimate of drug-likeness (QED) is 0.814. The first-order valence-corrected chi connectivity index (χ1v) is 7.24. The molecule has 21 heavy (non-hydrogen) atoms. The molecule has 4 nitrogen and oxygen atoms in total. The number of carbonyl (C=O) groups is 1. The second-order valence-corrected chi connectivity index (χ2v) is 5.64. The molecule has 0 amide bonds. The van der Waals surface area contributed by atoms with Crippen molar-refractivity contribution in [3.8, 4) is 5.75 Å². The minimum absolute atomic E-state index is 0.0371. The van der Waals surface area contributed by atoms with Gasteiger partial charge in [0, 0.05) is 16.5 Å². The Morgan fingerprint density at radius 3 is 2.71 bits per heavy atom. The van der Waals surface area contributed by atoms with Crippen LogP contribution >= 0.6 is 0 Å². The van der Waals surface area contributed by atoms with Crippen LogP contribution in [0.4, 0.5) is 0 Å². The van der Waals surface area contributed by atoms with E-state index in [1.807, 2.05) is 19.1 Å². The lowest BCUT2D eigenvalue weighted by molar-refractivity contribution is -0.122. The minimum atomic E-state index is -0.512. The van der Waals surface area contributed by atoms with Gasteiger partial charge in [0.25, 0.3) is 0 Å². The maximum absolute atomic E-state index is 12.1. The van der Waals surface area contributed by atoms with Crippen molar-refractivity contribution in [1.29, 1.82) is 0 Å². The monoisotopic (exact) mass is 286 g/mol. The fourth-order valence-corrected chi connectivity index (χ4v) is 2.86. The number of rotatable bonds is 3. The van der Waals surface area contributed by atoms with Gasteiger partial charge in [0.2, 0.25) is 0 Å². The first-order chi connectivity index (χ1) is 9.99. The number of hydrogen-bond acceptors (Lipinski definition) is 4. The second-order valence-electron chi connectivity index (χ2n) is 5.64. The highest BCUT2D eigenvalue weighted by Gasteiger charge is 2.22. The van der Waals surface area contributed by atoms with Gasteiger partial charge < -0.3 is 9.15 Å². The Bertz CT molecular complexity index is 785. The third-order valence-electron chi connectivity index (χ3n) is 4.22. The molecule has 0 spiro atoms. The molecule has 3 rings (SSSR count). The Balaban J connectivity index is 2.16. The Hall–Kier alpha value is -2.10. The van der Waals surface area contributed by atoms with E-state index in [2.05, 4.69) is 0 Å². The van der Waals surface area contributed by atoms with E-state index < -0.39 is 6.10 Å². The Morgan fingerprint density at radius 1 is 1.29 bits per heavy atom. The Kier molecular flexibility index (Phi) is 3.32. The van der Waals surface area contributed by atoms with E-state index in [0.717, 1.165) is 41.3 Å². The van der Waals surface area contributed by atoms with Gasteiger partial charge in [0.1, 0.15) is 11.3 Å². The fourth-order valence-electron chi connectivity index (χ4n) is 2.86. The Labute approximate surface area is 122 Å². The first kappa shape index (κ1) is 13.9. The maximum atomic E-state index is 12.1. The zero-order valence-corrected chi connectivity index (χ0v) is 12.5. The lowest BCUT2D eigenvalue weighted by atomic mass is 10.0. The topological polar surface area (TPSA) is 56.5 Å². The van der Waals surface area contributed by atoms with Crippen LogP contribution in [-0.2, 0) is 17.6 Å². The van der Waals surface area contributed by atoms with Crippen LogP contribution in [-0.4, -0.2) is 11.9 Å². The van der Waals surface area contributed by atoms with Crippen LogP contribution in [0.3, 0.4) is 0 Å². The highest BCUT2D eigenvalue weighted by atomic mass is 16.5. The largest absolute Gasteiger partial charge is 0.483 e. The van der Waals surface area contributed by atoms with Gasteiger partial charge in [-0.1, -0.05) is 0 Å². The summed E-state index contributed by atoms with van der Waals surface area (Å²) < 4.78 is 11.2. The van der Waals surface area contributed by atoms with Crippen molar-refractivity contribution in [1.82, 2.24) is 0 Å². The van der Waals surface area contributed by atoms with Gasteiger partial charge in [-0.15, -0.1) is 0 Å².